The fourth-order valence-electron chi connectivity index (χ4n) is 2.62. The second-order valence-corrected chi connectivity index (χ2v) is 5.43. The van der Waals surface area contributed by atoms with Crippen molar-refractivity contribution in [1.82, 2.24) is 5.32 Å². The van der Waals surface area contributed by atoms with E-state index in [2.05, 4.69) is 5.32 Å². The zero-order chi connectivity index (χ0) is 15.2. The topological polar surface area (TPSA) is 73.6 Å². The van der Waals surface area contributed by atoms with Crippen LogP contribution in [0.3, 0.4) is 0 Å². The van der Waals surface area contributed by atoms with E-state index in [0.717, 1.165) is 24.2 Å². The quantitative estimate of drug-likeness (QED) is 0.841. The number of carbonyl (C=O) groups excluding carboxylic acids is 1. The smallest absolute Gasteiger partial charge is 0.234 e. The molecule has 0 heterocycles. The van der Waals surface area contributed by atoms with E-state index in [1.807, 2.05) is 25.1 Å². The van der Waals surface area contributed by atoms with E-state index in [1.165, 1.54) is 12.8 Å². The summed E-state index contributed by atoms with van der Waals surface area (Å²) in [4.78, 5) is 11.4. The summed E-state index contributed by atoms with van der Waals surface area (Å²) in [6.07, 6.45) is 4.96. The normalized spacial score (nSPS) is 15.8. The van der Waals surface area contributed by atoms with Gasteiger partial charge in [-0.05, 0) is 50.3 Å². The highest BCUT2D eigenvalue weighted by atomic mass is 35.5. The molecule has 1 aliphatic rings. The number of carbonyl (C=O) groups is 1. The van der Waals surface area contributed by atoms with E-state index in [4.69, 9.17) is 15.2 Å². The molecule has 1 atom stereocenters. The highest BCUT2D eigenvalue weighted by Gasteiger charge is 2.19. The fraction of sp³-hybridized carbons (Fsp3) is 0.562. The van der Waals surface area contributed by atoms with Crippen LogP contribution >= 0.6 is 12.4 Å². The summed E-state index contributed by atoms with van der Waals surface area (Å²) >= 11 is 0. The molecule has 1 aliphatic carbocycles. The number of rotatable bonds is 6. The number of amides is 1. The molecule has 22 heavy (non-hydrogen) atoms. The predicted octanol–water partition coefficient (Wildman–Crippen LogP) is 2.57. The van der Waals surface area contributed by atoms with E-state index in [0.29, 0.717) is 11.9 Å². The van der Waals surface area contributed by atoms with Gasteiger partial charge in [0, 0.05) is 0 Å². The van der Waals surface area contributed by atoms with Crippen molar-refractivity contribution in [3.63, 3.8) is 0 Å². The third kappa shape index (κ3) is 4.78. The standard InChI is InChI=1S/C16H24N2O3.ClH/c1-11(18-16(19)10-17)12-7-8-14(15(9-12)20-2)21-13-5-3-4-6-13;/h7-9,11,13H,3-6,10,17H2,1-2H3,(H,18,19);1H. The van der Waals surface area contributed by atoms with Gasteiger partial charge in [0.25, 0.3) is 0 Å². The molecule has 1 saturated carbocycles. The maximum Gasteiger partial charge on any atom is 0.234 e. The summed E-state index contributed by atoms with van der Waals surface area (Å²) < 4.78 is 11.4. The molecule has 124 valence electrons. The van der Waals surface area contributed by atoms with Gasteiger partial charge in [0.05, 0.1) is 25.8 Å². The molecule has 3 N–H and O–H groups in total. The maximum atomic E-state index is 11.4. The molecule has 1 aromatic rings. The van der Waals surface area contributed by atoms with Gasteiger partial charge in [0.1, 0.15) is 0 Å². The van der Waals surface area contributed by atoms with Gasteiger partial charge < -0.3 is 20.5 Å². The van der Waals surface area contributed by atoms with Crippen molar-refractivity contribution in [3.8, 4) is 11.5 Å². The molecule has 0 bridgehead atoms. The first kappa shape index (κ1) is 18.6. The fourth-order valence-corrected chi connectivity index (χ4v) is 2.62. The van der Waals surface area contributed by atoms with E-state index in [-0.39, 0.29) is 30.9 Å². The third-order valence-corrected chi connectivity index (χ3v) is 3.85. The Hall–Kier alpha value is -1.46. The number of hydrogen-bond donors (Lipinski definition) is 2. The lowest BCUT2D eigenvalue weighted by Gasteiger charge is -2.19. The van der Waals surface area contributed by atoms with Gasteiger partial charge in [0.2, 0.25) is 5.91 Å². The van der Waals surface area contributed by atoms with Crippen LogP contribution in [-0.2, 0) is 4.79 Å². The number of benzene rings is 1. The first-order valence-electron chi connectivity index (χ1n) is 7.48. The van der Waals surface area contributed by atoms with Crippen LogP contribution in [0.2, 0.25) is 0 Å². The van der Waals surface area contributed by atoms with Crippen LogP contribution in [0.1, 0.15) is 44.2 Å². The number of hydrogen-bond acceptors (Lipinski definition) is 4. The molecule has 0 aliphatic heterocycles. The summed E-state index contributed by atoms with van der Waals surface area (Å²) in [5.41, 5.74) is 6.28. The molecule has 6 heteroatoms. The Labute approximate surface area is 138 Å². The van der Waals surface area contributed by atoms with Gasteiger partial charge in [-0.25, -0.2) is 0 Å². The molecule has 1 amide bonds. The molecule has 0 aromatic heterocycles. The van der Waals surface area contributed by atoms with Crippen LogP contribution < -0.4 is 20.5 Å². The van der Waals surface area contributed by atoms with Crippen LogP contribution in [0.25, 0.3) is 0 Å². The molecule has 5 nitrogen and oxygen atoms in total. The zero-order valence-electron chi connectivity index (χ0n) is 13.1. The highest BCUT2D eigenvalue weighted by molar-refractivity contribution is 5.85. The molecular weight excluding hydrogens is 304 g/mol. The Balaban J connectivity index is 0.00000242. The van der Waals surface area contributed by atoms with Crippen molar-refractivity contribution < 1.29 is 14.3 Å². The maximum absolute atomic E-state index is 11.4. The van der Waals surface area contributed by atoms with E-state index < -0.39 is 0 Å². The summed E-state index contributed by atoms with van der Waals surface area (Å²) in [7, 11) is 1.63. The van der Waals surface area contributed by atoms with Gasteiger partial charge in [-0.1, -0.05) is 6.07 Å². The van der Waals surface area contributed by atoms with Crippen LogP contribution in [0.15, 0.2) is 18.2 Å². The van der Waals surface area contributed by atoms with Crippen molar-refractivity contribution in [3.05, 3.63) is 23.8 Å². The summed E-state index contributed by atoms with van der Waals surface area (Å²) in [5.74, 6) is 1.30. The first-order valence-corrected chi connectivity index (χ1v) is 7.48. The first-order chi connectivity index (χ1) is 10.1. The van der Waals surface area contributed by atoms with Gasteiger partial charge in [-0.15, -0.1) is 12.4 Å². The van der Waals surface area contributed by atoms with Crippen LogP contribution in [0, 0.1) is 0 Å². The lowest BCUT2D eigenvalue weighted by molar-refractivity contribution is -0.120. The van der Waals surface area contributed by atoms with Crippen molar-refractivity contribution in [1.29, 1.82) is 0 Å². The van der Waals surface area contributed by atoms with Crippen LogP contribution in [0.4, 0.5) is 0 Å². The Morgan fingerprint density at radius 1 is 1.36 bits per heavy atom. The minimum atomic E-state index is -0.173. The Morgan fingerprint density at radius 2 is 2.05 bits per heavy atom. The highest BCUT2D eigenvalue weighted by Crippen LogP contribution is 2.33. The second kappa shape index (κ2) is 8.86. The van der Waals surface area contributed by atoms with Crippen molar-refractivity contribution in [2.45, 2.75) is 44.8 Å². The zero-order valence-corrected chi connectivity index (χ0v) is 13.9. The summed E-state index contributed by atoms with van der Waals surface area (Å²) in [6.45, 7) is 1.91. The SMILES string of the molecule is COc1cc(C(C)NC(=O)CN)ccc1OC1CCCC1.Cl. The van der Waals surface area contributed by atoms with Gasteiger partial charge >= 0.3 is 0 Å². The van der Waals surface area contributed by atoms with Crippen LogP contribution in [0.5, 0.6) is 11.5 Å². The van der Waals surface area contributed by atoms with Crippen molar-refractivity contribution >= 4 is 18.3 Å². The third-order valence-electron chi connectivity index (χ3n) is 3.85. The van der Waals surface area contributed by atoms with Gasteiger partial charge in [0.15, 0.2) is 11.5 Å². The average Bonchev–Trinajstić information content (AvgIpc) is 3.00. The number of nitrogens with two attached hydrogens (primary N) is 1. The molecular formula is C16H25ClN2O3. The van der Waals surface area contributed by atoms with Crippen molar-refractivity contribution in [2.24, 2.45) is 5.73 Å². The molecule has 2 rings (SSSR count). The molecule has 0 saturated heterocycles. The summed E-state index contributed by atoms with van der Waals surface area (Å²) in [5, 5.41) is 2.83. The van der Waals surface area contributed by atoms with E-state index in [9.17, 15) is 4.79 Å². The molecule has 0 radical (unpaired) electrons. The molecule has 0 spiro atoms. The largest absolute Gasteiger partial charge is 0.493 e. The Bertz CT molecular complexity index is 490. The number of methoxy groups -OCH3 is 1. The van der Waals surface area contributed by atoms with E-state index >= 15 is 0 Å². The summed E-state index contributed by atoms with van der Waals surface area (Å²) in [6, 6.07) is 5.66. The average molecular weight is 329 g/mol. The molecule has 1 unspecified atom stereocenters. The van der Waals surface area contributed by atoms with Gasteiger partial charge in [-0.2, -0.15) is 0 Å². The van der Waals surface area contributed by atoms with Gasteiger partial charge in [-0.3, -0.25) is 4.79 Å². The van der Waals surface area contributed by atoms with E-state index in [1.54, 1.807) is 7.11 Å². The minimum absolute atomic E-state index is 0. The number of halogens is 1. The monoisotopic (exact) mass is 328 g/mol. The predicted molar refractivity (Wildman–Crippen MR) is 88.7 cm³/mol. The Kier molecular flexibility index (Phi) is 7.48. The number of nitrogens with one attached hydrogen (secondary N) is 1. The number of ether oxygens (including phenoxy) is 2. The minimum Gasteiger partial charge on any atom is -0.493 e. The lowest BCUT2D eigenvalue weighted by Crippen LogP contribution is -2.32. The second-order valence-electron chi connectivity index (χ2n) is 5.43. The molecule has 1 fully saturated rings. The lowest BCUT2D eigenvalue weighted by atomic mass is 10.1. The van der Waals surface area contributed by atoms with Crippen LogP contribution in [-0.4, -0.2) is 25.7 Å². The molecule has 1 aromatic carbocycles. The Morgan fingerprint density at radius 3 is 2.64 bits per heavy atom. The van der Waals surface area contributed by atoms with Crippen molar-refractivity contribution in [2.75, 3.05) is 13.7 Å².